The summed E-state index contributed by atoms with van der Waals surface area (Å²) in [5.41, 5.74) is 0.265. The van der Waals surface area contributed by atoms with E-state index in [1.807, 2.05) is 33.8 Å². The molecule has 5 aliphatic heterocycles. The Balaban J connectivity index is 1.19. The molecule has 1 amide bonds. The van der Waals surface area contributed by atoms with Gasteiger partial charge in [0.25, 0.3) is 0 Å². The summed E-state index contributed by atoms with van der Waals surface area (Å²) >= 11 is 0. The number of esters is 1. The van der Waals surface area contributed by atoms with E-state index in [0.717, 1.165) is 11.6 Å². The Labute approximate surface area is 512 Å². The van der Waals surface area contributed by atoms with Gasteiger partial charge in [0.1, 0.15) is 36.4 Å². The molecule has 6 N–H and O–H groups in total. The minimum atomic E-state index is -2.71. The molecule has 5 saturated heterocycles. The second-order valence-corrected chi connectivity index (χ2v) is 23.5. The number of aliphatic hydroxyl groups excluding tert-OH is 3. The summed E-state index contributed by atoms with van der Waals surface area (Å²) in [6.45, 7) is 13.9. The van der Waals surface area contributed by atoms with Gasteiger partial charge in [-0.25, -0.2) is 4.79 Å². The first kappa shape index (κ1) is 71.2. The van der Waals surface area contributed by atoms with Crippen LogP contribution in [0.3, 0.4) is 0 Å². The van der Waals surface area contributed by atoms with Crippen LogP contribution in [0.5, 0.6) is 0 Å². The molecule has 22 nitrogen and oxygen atoms in total. The molecule has 5 aliphatic rings. The van der Waals surface area contributed by atoms with Gasteiger partial charge in [-0.3, -0.25) is 9.59 Å². The zero-order chi connectivity index (χ0) is 63.6. The number of amides is 1. The van der Waals surface area contributed by atoms with Crippen molar-refractivity contribution in [1.82, 2.24) is 5.32 Å². The lowest BCUT2D eigenvalue weighted by molar-refractivity contribution is -0.368. The van der Waals surface area contributed by atoms with Gasteiger partial charge in [0.2, 0.25) is 11.7 Å². The van der Waals surface area contributed by atoms with Crippen molar-refractivity contribution in [3.63, 3.8) is 0 Å². The Kier molecular flexibility index (Phi) is 27.7. The first-order valence-corrected chi connectivity index (χ1v) is 30.0. The molecule has 0 aromatic heterocycles. The summed E-state index contributed by atoms with van der Waals surface area (Å²) < 4.78 is 80.6. The van der Waals surface area contributed by atoms with Crippen LogP contribution in [-0.2, 0) is 82.4 Å². The SMILES string of the molecule is C/C=C\C=C\[C@@H]1O[C@](O)(C(CO[C@@H]2C[C@@H](OC)C(O[C@H]3C[C@H](OC)[C@H](O[C@@H]4C[C@@H](OC)[C@@H](O)[C@@H](C)O4)[C@@H](C)O3)[C@@H](C)O2)C(=O)NC/C=C/C=C(\C)C(OC)[C@@H](C)C2C[C@@H](O)[C@@H](/C=C/C=C/C=C/C(=O)O)O2)[C@H](OC(=O)Cc2ccccc2)[C@H](O)C1(C)C. The predicted molar refractivity (Wildman–Crippen MR) is 318 cm³/mol. The molecule has 0 bridgehead atoms. The van der Waals surface area contributed by atoms with Crippen molar-refractivity contribution in [2.24, 2.45) is 17.3 Å². The van der Waals surface area contributed by atoms with Gasteiger partial charge in [-0.05, 0) is 45.8 Å². The van der Waals surface area contributed by atoms with Gasteiger partial charge in [0.15, 0.2) is 25.0 Å². The lowest BCUT2D eigenvalue weighted by atomic mass is 9.71. The second-order valence-electron chi connectivity index (χ2n) is 23.5. The molecule has 22 heteroatoms. The van der Waals surface area contributed by atoms with Crippen LogP contribution in [0.15, 0.2) is 115 Å². The minimum absolute atomic E-state index is 0.0572. The molecular weight excluding hydrogens is 1130 g/mol. The van der Waals surface area contributed by atoms with Crippen molar-refractivity contribution in [2.45, 2.75) is 210 Å². The molecular formula is C65H95NO21. The van der Waals surface area contributed by atoms with Crippen LogP contribution >= 0.6 is 0 Å². The third kappa shape index (κ3) is 19.1. The topological polar surface area (TPSA) is 284 Å². The van der Waals surface area contributed by atoms with E-state index in [9.17, 15) is 34.8 Å². The number of benzene rings is 1. The molecule has 4 unspecified atom stereocenters. The molecule has 1 aromatic rings. The first-order chi connectivity index (χ1) is 41.5. The van der Waals surface area contributed by atoms with Crippen LogP contribution in [0.2, 0.25) is 0 Å². The van der Waals surface area contributed by atoms with E-state index in [1.165, 1.54) is 20.3 Å². The lowest BCUT2D eigenvalue weighted by Gasteiger charge is -2.54. The van der Waals surface area contributed by atoms with Crippen molar-refractivity contribution in [2.75, 3.05) is 41.6 Å². The highest BCUT2D eigenvalue weighted by Crippen LogP contribution is 2.46. The maximum atomic E-state index is 14.9. The van der Waals surface area contributed by atoms with E-state index in [-0.39, 0.29) is 37.8 Å². The van der Waals surface area contributed by atoms with Crippen molar-refractivity contribution >= 4 is 17.8 Å². The Morgan fingerprint density at radius 3 is 1.98 bits per heavy atom. The predicted octanol–water partition coefficient (Wildman–Crippen LogP) is 5.50. The maximum Gasteiger partial charge on any atom is 0.328 e. The summed E-state index contributed by atoms with van der Waals surface area (Å²) in [4.78, 5) is 39.5. The number of carbonyl (C=O) groups excluding carboxylic acids is 2. The molecule has 87 heavy (non-hydrogen) atoms. The van der Waals surface area contributed by atoms with E-state index >= 15 is 0 Å². The van der Waals surface area contributed by atoms with E-state index in [0.29, 0.717) is 18.4 Å². The summed E-state index contributed by atoms with van der Waals surface area (Å²) in [5, 5.41) is 58.5. The summed E-state index contributed by atoms with van der Waals surface area (Å²) in [5.74, 6) is -7.19. The van der Waals surface area contributed by atoms with Gasteiger partial charge < -0.3 is 92.4 Å². The van der Waals surface area contributed by atoms with Crippen LogP contribution in [0.4, 0.5) is 0 Å². The smallest absolute Gasteiger partial charge is 0.328 e. The number of carbonyl (C=O) groups is 3. The average Bonchev–Trinajstić information content (AvgIpc) is 1.73. The number of hydrogen-bond acceptors (Lipinski definition) is 20. The third-order valence-electron chi connectivity index (χ3n) is 16.9. The molecule has 0 aliphatic carbocycles. The van der Waals surface area contributed by atoms with Gasteiger partial charge in [-0.15, -0.1) is 0 Å². The van der Waals surface area contributed by atoms with Gasteiger partial charge >= 0.3 is 11.9 Å². The van der Waals surface area contributed by atoms with Crippen molar-refractivity contribution in [3.8, 4) is 0 Å². The standard InChI is InChI=1S/C65H95NO21/c1-13-14-18-29-51-64(7,8)61(72)62(84-53(70)32-43-26-19-17-20-27-43)65(74,87-51)44(63(73)66-31-24-23-25-38(2)58(78-12)39(3)47-33-45(67)46(83-47)28-21-15-16-22-30-52(68)69)37-79-54-35-49(76-10)59(41(5)81-54)86-56-36-50(77-11)60(42(6)82-56)85-55-34-48(75-9)57(71)40(4)80-55/h13-30,39-42,44-51,54-62,67,71-72,74H,31-37H2,1-12H3,(H,66,73)(H,68,69)/b14-13-,16-15+,24-23+,28-21+,29-18+,30-22+,38-25+/t39-,40+,41+,42+,44?,45+,46+,47?,48+,49+,50-,51-,54-,55+,56-,57-,58?,59?,60+,61-,62+,65+/m0/s1. The van der Waals surface area contributed by atoms with E-state index in [2.05, 4.69) is 5.32 Å². The molecule has 0 radical (unpaired) electrons. The average molecular weight is 1230 g/mol. The Hall–Kier alpha value is -4.83. The highest BCUT2D eigenvalue weighted by atomic mass is 16.7. The Morgan fingerprint density at radius 2 is 1.36 bits per heavy atom. The number of hydrogen-bond donors (Lipinski definition) is 6. The van der Waals surface area contributed by atoms with Crippen LogP contribution in [0, 0.1) is 17.3 Å². The van der Waals surface area contributed by atoms with Gasteiger partial charge in [0.05, 0.1) is 74.1 Å². The monoisotopic (exact) mass is 1230 g/mol. The highest BCUT2D eigenvalue weighted by Gasteiger charge is 2.63. The number of rotatable bonds is 28. The van der Waals surface area contributed by atoms with E-state index in [1.54, 1.807) is 133 Å². The minimum Gasteiger partial charge on any atom is -0.478 e. The number of allylic oxidation sites excluding steroid dienone is 9. The van der Waals surface area contributed by atoms with Gasteiger partial charge in [-0.2, -0.15) is 0 Å². The first-order valence-electron chi connectivity index (χ1n) is 30.0. The van der Waals surface area contributed by atoms with E-state index in [4.69, 9.17) is 66.7 Å². The molecule has 486 valence electrons. The number of ether oxygens (including phenoxy) is 13. The number of aliphatic hydroxyl groups is 4. The number of carboxylic acids is 1. The number of nitrogens with one attached hydrogen (secondary N) is 1. The third-order valence-corrected chi connectivity index (χ3v) is 16.9. The summed E-state index contributed by atoms with van der Waals surface area (Å²) in [6, 6.07) is 8.84. The summed E-state index contributed by atoms with van der Waals surface area (Å²) in [7, 11) is 6.24. The fourth-order valence-corrected chi connectivity index (χ4v) is 11.8. The van der Waals surface area contributed by atoms with Crippen molar-refractivity contribution in [1.29, 1.82) is 0 Å². The molecule has 0 saturated carbocycles. The normalized spacial score (nSPS) is 36.3. The number of carboxylic acid groups (broad SMARTS) is 1. The maximum absolute atomic E-state index is 14.9. The fourth-order valence-electron chi connectivity index (χ4n) is 11.8. The van der Waals surface area contributed by atoms with Crippen LogP contribution in [0.1, 0.15) is 86.6 Å². The molecule has 5 heterocycles. The molecule has 0 spiro atoms. The molecule has 6 rings (SSSR count). The highest BCUT2D eigenvalue weighted by molar-refractivity contribution is 5.81. The quantitative estimate of drug-likeness (QED) is 0.0343. The van der Waals surface area contributed by atoms with Crippen LogP contribution < -0.4 is 5.32 Å². The largest absolute Gasteiger partial charge is 0.478 e. The number of aliphatic carboxylic acids is 1. The van der Waals surface area contributed by atoms with Crippen molar-refractivity contribution in [3.05, 3.63) is 120 Å². The van der Waals surface area contributed by atoms with Crippen LogP contribution in [0.25, 0.3) is 0 Å². The number of methoxy groups -OCH3 is 4. The molecule has 22 atom stereocenters. The fraction of sp³-hybridized carbons (Fsp3) is 0.646. The van der Waals surface area contributed by atoms with Gasteiger partial charge in [0, 0.05) is 78.1 Å². The molecule has 5 fully saturated rings. The van der Waals surface area contributed by atoms with Gasteiger partial charge in [-0.1, -0.05) is 124 Å². The zero-order valence-corrected chi connectivity index (χ0v) is 52.2. The van der Waals surface area contributed by atoms with E-state index < -0.39 is 152 Å². The van der Waals surface area contributed by atoms with Crippen LogP contribution in [-0.4, -0.2) is 207 Å². The Bertz CT molecular complexity index is 2530. The van der Waals surface area contributed by atoms with Crippen molar-refractivity contribution < 1.29 is 101 Å². The summed E-state index contributed by atoms with van der Waals surface area (Å²) in [6.07, 6.45) is 7.66. The lowest BCUT2D eigenvalue weighted by Crippen LogP contribution is -2.71. The Morgan fingerprint density at radius 1 is 0.759 bits per heavy atom. The zero-order valence-electron chi connectivity index (χ0n) is 52.2. The second kappa shape index (κ2) is 33.8. The molecule has 1 aromatic carbocycles.